The zero-order valence-corrected chi connectivity index (χ0v) is 17.2. The Morgan fingerprint density at radius 2 is 1.78 bits per heavy atom. The second kappa shape index (κ2) is 6.99. The van der Waals surface area contributed by atoms with Crippen LogP contribution in [0.2, 0.25) is 0 Å². The zero-order valence-electron chi connectivity index (χ0n) is 17.2. The van der Waals surface area contributed by atoms with Gasteiger partial charge in [-0.3, -0.25) is 0 Å². The van der Waals surface area contributed by atoms with Gasteiger partial charge >= 0.3 is 6.18 Å². The first kappa shape index (κ1) is 19.6. The van der Waals surface area contributed by atoms with Gasteiger partial charge in [0.05, 0.1) is 43.1 Å². The highest BCUT2D eigenvalue weighted by Gasteiger charge is 2.48. The molecule has 9 nitrogen and oxygen atoms in total. The lowest BCUT2D eigenvalue weighted by molar-refractivity contribution is -0.145. The minimum absolute atomic E-state index is 0.0822. The Morgan fingerprint density at radius 3 is 2.50 bits per heavy atom. The van der Waals surface area contributed by atoms with Gasteiger partial charge in [0, 0.05) is 38.2 Å². The highest BCUT2D eigenvalue weighted by molar-refractivity contribution is 5.71. The number of ether oxygens (including phenoxy) is 1. The number of halogens is 3. The van der Waals surface area contributed by atoms with Crippen LogP contribution in [0.5, 0.6) is 0 Å². The zero-order chi connectivity index (χ0) is 21.9. The fourth-order valence-electron chi connectivity index (χ4n) is 4.91. The van der Waals surface area contributed by atoms with Crippen LogP contribution in [-0.2, 0) is 10.9 Å². The van der Waals surface area contributed by atoms with Crippen molar-refractivity contribution in [2.75, 3.05) is 49.2 Å². The summed E-state index contributed by atoms with van der Waals surface area (Å²) in [7, 11) is 0. The molecule has 0 saturated carbocycles. The molecule has 1 spiro atoms. The van der Waals surface area contributed by atoms with Gasteiger partial charge in [-0.2, -0.15) is 18.3 Å². The molecule has 6 heterocycles. The molecule has 3 fully saturated rings. The molecule has 0 aromatic carbocycles. The van der Waals surface area contributed by atoms with E-state index in [2.05, 4.69) is 25.0 Å². The van der Waals surface area contributed by atoms with Gasteiger partial charge in [0.1, 0.15) is 11.3 Å². The molecule has 0 amide bonds. The maximum Gasteiger partial charge on any atom is 0.451 e. The maximum atomic E-state index is 12.7. The van der Waals surface area contributed by atoms with Crippen molar-refractivity contribution in [1.82, 2.24) is 29.7 Å². The molecule has 0 N–H and O–H groups in total. The van der Waals surface area contributed by atoms with E-state index in [0.29, 0.717) is 12.3 Å². The van der Waals surface area contributed by atoms with Crippen LogP contribution < -0.4 is 9.80 Å². The maximum absolute atomic E-state index is 12.7. The Kier molecular flexibility index (Phi) is 4.29. The standard InChI is InChI=1S/C20H21F3N8O/c21-20(22,23)18-25-5-14(6-26-18)30-11-19(12-30)2-3-29(10-19)16-8-24-15-7-27-31(17(15)28-16)13-1-4-32-9-13/h5-8,13H,1-4,9-12H2/t13-/m0/s1. The molecular weight excluding hydrogens is 425 g/mol. The van der Waals surface area contributed by atoms with Gasteiger partial charge in [-0.1, -0.05) is 0 Å². The van der Waals surface area contributed by atoms with Crippen molar-refractivity contribution in [2.45, 2.75) is 25.1 Å². The lowest BCUT2D eigenvalue weighted by atomic mass is 9.79. The molecule has 0 aliphatic carbocycles. The van der Waals surface area contributed by atoms with Crippen molar-refractivity contribution in [3.63, 3.8) is 0 Å². The first-order valence-electron chi connectivity index (χ1n) is 10.6. The number of anilines is 2. The summed E-state index contributed by atoms with van der Waals surface area (Å²) < 4.78 is 45.5. The number of alkyl halides is 3. The molecule has 0 unspecified atom stereocenters. The van der Waals surface area contributed by atoms with Gasteiger partial charge in [-0.15, -0.1) is 0 Å². The minimum atomic E-state index is -4.52. The average Bonchev–Trinajstić information content (AvgIpc) is 3.50. The molecule has 3 aromatic heterocycles. The highest BCUT2D eigenvalue weighted by atomic mass is 19.4. The predicted molar refractivity (Wildman–Crippen MR) is 108 cm³/mol. The Hall–Kier alpha value is -3.02. The van der Waals surface area contributed by atoms with Crippen LogP contribution in [0.3, 0.4) is 0 Å². The molecule has 3 saturated heterocycles. The second-order valence-electron chi connectivity index (χ2n) is 8.83. The fraction of sp³-hybridized carbons (Fsp3) is 0.550. The first-order valence-corrected chi connectivity index (χ1v) is 10.6. The van der Waals surface area contributed by atoms with Crippen molar-refractivity contribution in [2.24, 2.45) is 5.41 Å². The number of nitrogens with zero attached hydrogens (tertiary/aromatic N) is 8. The Morgan fingerprint density at radius 1 is 1.00 bits per heavy atom. The van der Waals surface area contributed by atoms with Gasteiger partial charge in [0.15, 0.2) is 5.65 Å². The quantitative estimate of drug-likeness (QED) is 0.606. The lowest BCUT2D eigenvalue weighted by Gasteiger charge is -2.49. The number of aromatic nitrogens is 6. The molecular formula is C20H21F3N8O. The number of rotatable bonds is 3. The van der Waals surface area contributed by atoms with E-state index in [9.17, 15) is 13.2 Å². The summed E-state index contributed by atoms with van der Waals surface area (Å²) in [6.07, 6.45) is 3.41. The van der Waals surface area contributed by atoms with Gasteiger partial charge in [-0.25, -0.2) is 24.6 Å². The van der Waals surface area contributed by atoms with Crippen molar-refractivity contribution in [1.29, 1.82) is 0 Å². The summed E-state index contributed by atoms with van der Waals surface area (Å²) in [6.45, 7) is 4.56. The van der Waals surface area contributed by atoms with E-state index < -0.39 is 12.0 Å². The van der Waals surface area contributed by atoms with E-state index in [1.807, 2.05) is 9.58 Å². The molecule has 3 aliphatic rings. The van der Waals surface area contributed by atoms with Crippen LogP contribution in [0.1, 0.15) is 24.7 Å². The Bertz CT molecular complexity index is 1140. The summed E-state index contributed by atoms with van der Waals surface area (Å²) in [5.74, 6) is -0.285. The molecule has 3 aromatic rings. The lowest BCUT2D eigenvalue weighted by Crippen LogP contribution is -2.57. The van der Waals surface area contributed by atoms with Crippen LogP contribution in [-0.4, -0.2) is 69.1 Å². The Labute approximate surface area is 181 Å². The van der Waals surface area contributed by atoms with Crippen molar-refractivity contribution < 1.29 is 17.9 Å². The van der Waals surface area contributed by atoms with Crippen LogP contribution in [0.15, 0.2) is 24.8 Å². The van der Waals surface area contributed by atoms with Gasteiger partial charge in [0.2, 0.25) is 5.82 Å². The van der Waals surface area contributed by atoms with Crippen LogP contribution >= 0.6 is 0 Å². The number of hydrogen-bond acceptors (Lipinski definition) is 8. The number of hydrogen-bond donors (Lipinski definition) is 0. The monoisotopic (exact) mass is 446 g/mol. The highest BCUT2D eigenvalue weighted by Crippen LogP contribution is 2.43. The van der Waals surface area contributed by atoms with Crippen LogP contribution in [0, 0.1) is 5.41 Å². The molecule has 0 radical (unpaired) electrons. The van der Waals surface area contributed by atoms with Crippen molar-refractivity contribution in [3.05, 3.63) is 30.6 Å². The van der Waals surface area contributed by atoms with Gasteiger partial charge in [0.25, 0.3) is 0 Å². The van der Waals surface area contributed by atoms with Crippen molar-refractivity contribution >= 4 is 22.7 Å². The van der Waals surface area contributed by atoms with Crippen molar-refractivity contribution in [3.8, 4) is 0 Å². The molecule has 3 aliphatic heterocycles. The van der Waals surface area contributed by atoms with E-state index in [0.717, 1.165) is 62.6 Å². The molecule has 1 atom stereocenters. The minimum Gasteiger partial charge on any atom is -0.379 e. The van der Waals surface area contributed by atoms with E-state index in [-0.39, 0.29) is 11.5 Å². The molecule has 6 rings (SSSR count). The smallest absolute Gasteiger partial charge is 0.379 e. The van der Waals surface area contributed by atoms with Gasteiger partial charge < -0.3 is 14.5 Å². The molecule has 32 heavy (non-hydrogen) atoms. The Balaban J connectivity index is 1.15. The third-order valence-electron chi connectivity index (χ3n) is 6.61. The fourth-order valence-corrected chi connectivity index (χ4v) is 4.91. The van der Waals surface area contributed by atoms with E-state index >= 15 is 0 Å². The van der Waals surface area contributed by atoms with Crippen LogP contribution in [0.25, 0.3) is 11.2 Å². The summed E-state index contributed by atoms with van der Waals surface area (Å²) in [5.41, 5.74) is 2.24. The first-order chi connectivity index (χ1) is 15.4. The van der Waals surface area contributed by atoms with Crippen LogP contribution in [0.4, 0.5) is 24.7 Å². The molecule has 0 bridgehead atoms. The SMILES string of the molecule is FC(F)(F)c1ncc(N2CC3(CCN(c4cnc5cnn([C@H]6CCOC6)c5n4)C3)C2)cn1. The predicted octanol–water partition coefficient (Wildman–Crippen LogP) is 2.31. The molecule has 12 heteroatoms. The summed E-state index contributed by atoms with van der Waals surface area (Å²) in [5, 5.41) is 4.47. The molecule has 168 valence electrons. The summed E-state index contributed by atoms with van der Waals surface area (Å²) in [6, 6.07) is 0.188. The van der Waals surface area contributed by atoms with E-state index in [1.165, 1.54) is 12.4 Å². The third-order valence-corrected chi connectivity index (χ3v) is 6.61. The van der Waals surface area contributed by atoms with Gasteiger partial charge in [-0.05, 0) is 12.8 Å². The second-order valence-corrected chi connectivity index (χ2v) is 8.83. The van der Waals surface area contributed by atoms with E-state index in [1.54, 1.807) is 12.4 Å². The summed E-state index contributed by atoms with van der Waals surface area (Å²) >= 11 is 0. The number of fused-ring (bicyclic) bond motifs is 1. The normalized spacial score (nSPS) is 22.8. The third kappa shape index (κ3) is 3.24. The average molecular weight is 446 g/mol. The van der Waals surface area contributed by atoms with E-state index in [4.69, 9.17) is 9.72 Å². The largest absolute Gasteiger partial charge is 0.451 e. The topological polar surface area (TPSA) is 85.1 Å². The summed E-state index contributed by atoms with van der Waals surface area (Å²) in [4.78, 5) is 20.6.